The molecule has 0 aliphatic rings. The van der Waals surface area contributed by atoms with Crippen LogP contribution in [0.3, 0.4) is 0 Å². The van der Waals surface area contributed by atoms with E-state index in [9.17, 15) is 4.79 Å². The van der Waals surface area contributed by atoms with Crippen LogP contribution in [0, 0.1) is 13.8 Å². The Morgan fingerprint density at radius 3 is 2.54 bits per heavy atom. The highest BCUT2D eigenvalue weighted by Gasteiger charge is 2.06. The van der Waals surface area contributed by atoms with Crippen molar-refractivity contribution in [2.24, 2.45) is 0 Å². The number of aryl methyl sites for hydroxylation is 3. The van der Waals surface area contributed by atoms with Gasteiger partial charge in [0.15, 0.2) is 0 Å². The fraction of sp³-hybridized carbons (Fsp3) is 0.174. The van der Waals surface area contributed by atoms with E-state index in [0.717, 1.165) is 34.6 Å². The topological polar surface area (TPSA) is 66.9 Å². The van der Waals surface area contributed by atoms with Gasteiger partial charge in [-0.1, -0.05) is 42.8 Å². The van der Waals surface area contributed by atoms with Gasteiger partial charge in [-0.25, -0.2) is 9.97 Å². The molecule has 5 heteroatoms. The van der Waals surface area contributed by atoms with Gasteiger partial charge in [0.1, 0.15) is 12.1 Å². The summed E-state index contributed by atoms with van der Waals surface area (Å²) in [6.07, 6.45) is 5.71. The summed E-state index contributed by atoms with van der Waals surface area (Å²) in [4.78, 5) is 20.7. The van der Waals surface area contributed by atoms with Crippen molar-refractivity contribution in [3.05, 3.63) is 83.3 Å². The van der Waals surface area contributed by atoms with Crippen LogP contribution in [-0.2, 0) is 11.2 Å². The minimum absolute atomic E-state index is 0.162. The van der Waals surface area contributed by atoms with Gasteiger partial charge < -0.3 is 10.6 Å². The van der Waals surface area contributed by atoms with E-state index in [2.05, 4.69) is 27.5 Å². The van der Waals surface area contributed by atoms with E-state index < -0.39 is 0 Å². The molecular weight excluding hydrogens is 348 g/mol. The van der Waals surface area contributed by atoms with Crippen molar-refractivity contribution in [3.8, 4) is 0 Å². The third kappa shape index (κ3) is 5.27. The smallest absolute Gasteiger partial charge is 0.248 e. The molecule has 0 unspecified atom stereocenters. The van der Waals surface area contributed by atoms with Crippen LogP contribution in [-0.4, -0.2) is 15.9 Å². The molecule has 0 atom stereocenters. The van der Waals surface area contributed by atoms with E-state index in [1.165, 1.54) is 11.9 Å². The maximum atomic E-state index is 12.4. The lowest BCUT2D eigenvalue weighted by molar-refractivity contribution is -0.111. The van der Waals surface area contributed by atoms with Crippen LogP contribution in [0.5, 0.6) is 0 Å². The van der Waals surface area contributed by atoms with Gasteiger partial charge in [0.05, 0.1) is 0 Å². The standard InChI is InChI=1S/C23H24N4O/c1-4-19-10-11-20(26-22-13-17(3)24-15-25-22)14-21(19)27-23(28)12-9-18-7-5-16(2)6-8-18/h5-15H,4H2,1-3H3,(H,27,28)(H,24,25,26)/b12-9+. The summed E-state index contributed by atoms with van der Waals surface area (Å²) in [5, 5.41) is 6.23. The molecule has 0 spiro atoms. The lowest BCUT2D eigenvalue weighted by Crippen LogP contribution is -2.10. The Labute approximate surface area is 165 Å². The minimum Gasteiger partial charge on any atom is -0.340 e. The van der Waals surface area contributed by atoms with Gasteiger partial charge >= 0.3 is 0 Å². The molecule has 2 N–H and O–H groups in total. The van der Waals surface area contributed by atoms with E-state index in [-0.39, 0.29) is 5.91 Å². The molecule has 0 fully saturated rings. The number of anilines is 3. The third-order valence-electron chi connectivity index (χ3n) is 4.33. The molecule has 0 aliphatic carbocycles. The summed E-state index contributed by atoms with van der Waals surface area (Å²) >= 11 is 0. The zero-order valence-corrected chi connectivity index (χ0v) is 16.4. The number of hydrogen-bond acceptors (Lipinski definition) is 4. The first-order chi connectivity index (χ1) is 13.5. The Kier molecular flexibility index (Phi) is 6.17. The maximum Gasteiger partial charge on any atom is 0.248 e. The Balaban J connectivity index is 1.74. The second kappa shape index (κ2) is 8.95. The van der Waals surface area contributed by atoms with Gasteiger partial charge in [0.2, 0.25) is 5.91 Å². The van der Waals surface area contributed by atoms with Crippen LogP contribution < -0.4 is 10.6 Å². The van der Waals surface area contributed by atoms with Crippen LogP contribution in [0.25, 0.3) is 6.08 Å². The van der Waals surface area contributed by atoms with Crippen molar-refractivity contribution in [2.45, 2.75) is 27.2 Å². The number of nitrogens with one attached hydrogen (secondary N) is 2. The van der Waals surface area contributed by atoms with Gasteiger partial charge in [-0.05, 0) is 49.6 Å². The summed E-state index contributed by atoms with van der Waals surface area (Å²) in [6, 6.07) is 15.8. The lowest BCUT2D eigenvalue weighted by atomic mass is 10.1. The predicted molar refractivity (Wildman–Crippen MR) is 115 cm³/mol. The molecule has 3 rings (SSSR count). The Hall–Kier alpha value is -3.47. The first-order valence-corrected chi connectivity index (χ1v) is 9.28. The SMILES string of the molecule is CCc1ccc(Nc2cc(C)ncn2)cc1NC(=O)/C=C/c1ccc(C)cc1. The van der Waals surface area contributed by atoms with Crippen molar-refractivity contribution in [1.29, 1.82) is 0 Å². The number of hydrogen-bond donors (Lipinski definition) is 2. The average molecular weight is 372 g/mol. The minimum atomic E-state index is -0.162. The highest BCUT2D eigenvalue weighted by molar-refractivity contribution is 6.02. The van der Waals surface area contributed by atoms with E-state index in [0.29, 0.717) is 5.82 Å². The van der Waals surface area contributed by atoms with Crippen LogP contribution in [0.1, 0.15) is 29.3 Å². The van der Waals surface area contributed by atoms with Crippen LogP contribution >= 0.6 is 0 Å². The van der Waals surface area contributed by atoms with E-state index in [4.69, 9.17) is 0 Å². The Bertz CT molecular complexity index is 994. The van der Waals surface area contributed by atoms with Gasteiger partial charge in [0, 0.05) is 29.2 Å². The fourth-order valence-electron chi connectivity index (χ4n) is 2.77. The van der Waals surface area contributed by atoms with E-state index in [1.54, 1.807) is 6.08 Å². The van der Waals surface area contributed by atoms with E-state index >= 15 is 0 Å². The Morgan fingerprint density at radius 1 is 1.04 bits per heavy atom. The molecule has 0 radical (unpaired) electrons. The number of carbonyl (C=O) groups is 1. The predicted octanol–water partition coefficient (Wildman–Crippen LogP) is 5.05. The van der Waals surface area contributed by atoms with Crippen molar-refractivity contribution in [1.82, 2.24) is 9.97 Å². The van der Waals surface area contributed by atoms with Crippen LogP contribution in [0.4, 0.5) is 17.2 Å². The molecule has 0 bridgehead atoms. The van der Waals surface area contributed by atoms with Crippen molar-refractivity contribution >= 4 is 29.2 Å². The molecule has 3 aromatic rings. The second-order valence-electron chi connectivity index (χ2n) is 6.63. The number of nitrogens with zero attached hydrogens (tertiary/aromatic N) is 2. The first kappa shape index (κ1) is 19.3. The monoisotopic (exact) mass is 372 g/mol. The van der Waals surface area contributed by atoms with Gasteiger partial charge in [0.25, 0.3) is 0 Å². The third-order valence-corrected chi connectivity index (χ3v) is 4.33. The molecule has 0 aliphatic heterocycles. The number of rotatable bonds is 6. The Morgan fingerprint density at radius 2 is 1.82 bits per heavy atom. The fourth-order valence-corrected chi connectivity index (χ4v) is 2.77. The molecule has 5 nitrogen and oxygen atoms in total. The molecule has 1 heterocycles. The molecule has 1 amide bonds. The normalized spacial score (nSPS) is 10.8. The highest BCUT2D eigenvalue weighted by atomic mass is 16.1. The molecule has 142 valence electrons. The zero-order chi connectivity index (χ0) is 19.9. The van der Waals surface area contributed by atoms with Gasteiger partial charge in [-0.2, -0.15) is 0 Å². The second-order valence-corrected chi connectivity index (χ2v) is 6.63. The van der Waals surface area contributed by atoms with Crippen molar-refractivity contribution < 1.29 is 4.79 Å². The van der Waals surface area contributed by atoms with Gasteiger partial charge in [-0.3, -0.25) is 4.79 Å². The number of carbonyl (C=O) groups excluding carboxylic acids is 1. The quantitative estimate of drug-likeness (QED) is 0.594. The molecule has 1 aromatic heterocycles. The summed E-state index contributed by atoms with van der Waals surface area (Å²) in [5.74, 6) is 0.554. The summed E-state index contributed by atoms with van der Waals surface area (Å²) < 4.78 is 0. The summed E-state index contributed by atoms with van der Waals surface area (Å²) in [5.41, 5.74) is 5.78. The zero-order valence-electron chi connectivity index (χ0n) is 16.4. The lowest BCUT2D eigenvalue weighted by Gasteiger charge is -2.12. The van der Waals surface area contributed by atoms with Crippen molar-refractivity contribution in [3.63, 3.8) is 0 Å². The van der Waals surface area contributed by atoms with Crippen LogP contribution in [0.2, 0.25) is 0 Å². The highest BCUT2D eigenvalue weighted by Crippen LogP contribution is 2.24. The molecule has 0 saturated heterocycles. The average Bonchev–Trinajstić information content (AvgIpc) is 2.68. The van der Waals surface area contributed by atoms with Crippen molar-refractivity contribution in [2.75, 3.05) is 10.6 Å². The van der Waals surface area contributed by atoms with Gasteiger partial charge in [-0.15, -0.1) is 0 Å². The first-order valence-electron chi connectivity index (χ1n) is 9.28. The molecule has 0 saturated carbocycles. The molecule has 28 heavy (non-hydrogen) atoms. The van der Waals surface area contributed by atoms with E-state index in [1.807, 2.05) is 68.5 Å². The maximum absolute atomic E-state index is 12.4. The number of benzene rings is 2. The molecule has 2 aromatic carbocycles. The van der Waals surface area contributed by atoms with Crippen LogP contribution in [0.15, 0.2) is 60.9 Å². The summed E-state index contributed by atoms with van der Waals surface area (Å²) in [6.45, 7) is 6.02. The molecular formula is C23H24N4O. The number of amides is 1. The number of aromatic nitrogens is 2. The largest absolute Gasteiger partial charge is 0.340 e. The summed E-state index contributed by atoms with van der Waals surface area (Å²) in [7, 11) is 0.